The summed E-state index contributed by atoms with van der Waals surface area (Å²) in [7, 11) is 0. The first-order valence-corrected chi connectivity index (χ1v) is 2.82. The molecule has 0 fully saturated rings. The number of aromatic nitrogens is 1. The van der Waals surface area contributed by atoms with Crippen LogP contribution in [0.2, 0.25) is 0 Å². The van der Waals surface area contributed by atoms with Gasteiger partial charge in [0.15, 0.2) is 0 Å². The van der Waals surface area contributed by atoms with E-state index in [1.54, 1.807) is 12.3 Å². The van der Waals surface area contributed by atoms with Crippen LogP contribution in [0.1, 0.15) is 10.4 Å². The molecular formula is C6H4N2O2. The monoisotopic (exact) mass is 136 g/mol. The van der Waals surface area contributed by atoms with Crippen molar-refractivity contribution in [3.8, 4) is 0 Å². The van der Waals surface area contributed by atoms with Crippen LogP contribution in [0.25, 0.3) is 0 Å². The number of hydrogen-bond acceptors (Lipinski definition) is 2. The summed E-state index contributed by atoms with van der Waals surface area (Å²) in [4.78, 5) is 24.2. The van der Waals surface area contributed by atoms with Gasteiger partial charge in [0.25, 0.3) is 11.7 Å². The molecule has 1 aliphatic heterocycles. The zero-order chi connectivity index (χ0) is 7.14. The first kappa shape index (κ1) is 5.22. The first-order chi connectivity index (χ1) is 4.79. The molecule has 0 spiro atoms. The summed E-state index contributed by atoms with van der Waals surface area (Å²) in [6.45, 7) is 0. The fourth-order valence-electron chi connectivity index (χ4n) is 0.955. The summed E-state index contributed by atoms with van der Waals surface area (Å²) in [6, 6.07) is 1.58. The molecule has 10 heavy (non-hydrogen) atoms. The minimum Gasteiger partial charge on any atom is -0.348 e. The van der Waals surface area contributed by atoms with E-state index >= 15 is 0 Å². The third-order valence-electron chi connectivity index (χ3n) is 1.44. The Labute approximate surface area is 56.2 Å². The van der Waals surface area contributed by atoms with Crippen LogP contribution in [0.4, 0.5) is 5.82 Å². The quantitative estimate of drug-likeness (QED) is 0.498. The molecule has 1 aromatic heterocycles. The number of fused-ring (bicyclic) bond motifs is 1. The number of anilines is 1. The molecule has 0 aliphatic carbocycles. The van der Waals surface area contributed by atoms with Crippen molar-refractivity contribution < 1.29 is 9.59 Å². The average Bonchev–Trinajstić information content (AvgIpc) is 2.41. The third kappa shape index (κ3) is 0.452. The van der Waals surface area contributed by atoms with Gasteiger partial charge < -0.3 is 10.3 Å². The highest BCUT2D eigenvalue weighted by molar-refractivity contribution is 6.51. The summed E-state index contributed by atoms with van der Waals surface area (Å²) in [5, 5.41) is 2.38. The lowest BCUT2D eigenvalue weighted by Gasteiger charge is -1.85. The summed E-state index contributed by atoms with van der Waals surface area (Å²) in [5.41, 5.74) is 0.435. The van der Waals surface area contributed by atoms with Crippen LogP contribution in [0.15, 0.2) is 12.3 Å². The number of rotatable bonds is 0. The van der Waals surface area contributed by atoms with Crippen molar-refractivity contribution in [3.63, 3.8) is 0 Å². The third-order valence-corrected chi connectivity index (χ3v) is 1.44. The summed E-state index contributed by atoms with van der Waals surface area (Å²) >= 11 is 0. The number of ketones is 1. The van der Waals surface area contributed by atoms with E-state index in [2.05, 4.69) is 10.3 Å². The van der Waals surface area contributed by atoms with Gasteiger partial charge in [0.1, 0.15) is 5.82 Å². The standard InChI is InChI=1S/C6H4N2O2/c9-4-3-1-2-7-5(3)8-6(4)10/h1-2H,(H2,7,8,9,10). The minimum absolute atomic E-state index is 0.435. The van der Waals surface area contributed by atoms with Gasteiger partial charge in [0.2, 0.25) is 0 Å². The van der Waals surface area contributed by atoms with Crippen LogP contribution >= 0.6 is 0 Å². The highest BCUT2D eigenvalue weighted by atomic mass is 16.2. The molecule has 1 amide bonds. The molecule has 2 N–H and O–H groups in total. The average molecular weight is 136 g/mol. The molecule has 2 rings (SSSR count). The second-order valence-corrected chi connectivity index (χ2v) is 2.05. The van der Waals surface area contributed by atoms with Crippen molar-refractivity contribution in [2.75, 3.05) is 5.32 Å². The van der Waals surface area contributed by atoms with Crippen molar-refractivity contribution in [2.45, 2.75) is 0 Å². The van der Waals surface area contributed by atoms with Crippen molar-refractivity contribution in [2.24, 2.45) is 0 Å². The van der Waals surface area contributed by atoms with Crippen LogP contribution < -0.4 is 5.32 Å². The van der Waals surface area contributed by atoms with E-state index in [4.69, 9.17) is 0 Å². The van der Waals surface area contributed by atoms with Crippen LogP contribution in [0.3, 0.4) is 0 Å². The predicted octanol–water partition coefficient (Wildman–Crippen LogP) is 0.149. The second-order valence-electron chi connectivity index (χ2n) is 2.05. The van der Waals surface area contributed by atoms with Crippen molar-refractivity contribution in [1.82, 2.24) is 4.98 Å². The van der Waals surface area contributed by atoms with Gasteiger partial charge >= 0.3 is 0 Å². The SMILES string of the molecule is O=C1Nc2[nH]ccc2C1=O. The lowest BCUT2D eigenvalue weighted by Crippen LogP contribution is -2.13. The maximum Gasteiger partial charge on any atom is 0.298 e. The van der Waals surface area contributed by atoms with Gasteiger partial charge in [-0.1, -0.05) is 0 Å². The lowest BCUT2D eigenvalue weighted by atomic mass is 10.2. The lowest BCUT2D eigenvalue weighted by molar-refractivity contribution is -0.112. The Hall–Kier alpha value is -1.58. The maximum atomic E-state index is 10.8. The number of hydrogen-bond donors (Lipinski definition) is 2. The zero-order valence-corrected chi connectivity index (χ0v) is 4.97. The van der Waals surface area contributed by atoms with Gasteiger partial charge in [-0.25, -0.2) is 0 Å². The fraction of sp³-hybridized carbons (Fsp3) is 0. The molecule has 0 aromatic carbocycles. The van der Waals surface area contributed by atoms with E-state index in [0.717, 1.165) is 0 Å². The summed E-state index contributed by atoms with van der Waals surface area (Å²) < 4.78 is 0. The van der Waals surface area contributed by atoms with Crippen molar-refractivity contribution in [3.05, 3.63) is 17.8 Å². The van der Waals surface area contributed by atoms with Gasteiger partial charge in [0, 0.05) is 6.20 Å². The van der Waals surface area contributed by atoms with E-state index in [1.807, 2.05) is 0 Å². The summed E-state index contributed by atoms with van der Waals surface area (Å²) in [5.74, 6) is -0.506. The Balaban J connectivity index is 2.63. The Kier molecular flexibility index (Phi) is 0.768. The fourth-order valence-corrected chi connectivity index (χ4v) is 0.955. The molecule has 0 saturated carbocycles. The molecule has 2 heterocycles. The molecule has 0 atom stereocenters. The van der Waals surface area contributed by atoms with E-state index < -0.39 is 11.7 Å². The highest BCUT2D eigenvalue weighted by Gasteiger charge is 2.28. The van der Waals surface area contributed by atoms with Gasteiger partial charge in [-0.3, -0.25) is 9.59 Å². The molecule has 0 radical (unpaired) electrons. The van der Waals surface area contributed by atoms with E-state index in [1.165, 1.54) is 0 Å². The number of carbonyl (C=O) groups excluding carboxylic acids is 2. The van der Waals surface area contributed by atoms with Gasteiger partial charge in [-0.05, 0) is 6.07 Å². The molecule has 0 saturated heterocycles. The molecule has 0 unspecified atom stereocenters. The number of carbonyl (C=O) groups is 2. The maximum absolute atomic E-state index is 10.8. The molecule has 4 heteroatoms. The van der Waals surface area contributed by atoms with Crippen LogP contribution in [-0.2, 0) is 4.79 Å². The number of Topliss-reactive ketones (excluding diaryl/α,β-unsaturated/α-hetero) is 1. The smallest absolute Gasteiger partial charge is 0.298 e. The van der Waals surface area contributed by atoms with Crippen LogP contribution in [0, 0.1) is 0 Å². The van der Waals surface area contributed by atoms with E-state index in [-0.39, 0.29) is 0 Å². The number of aromatic amines is 1. The Bertz CT molecular complexity index is 313. The Morgan fingerprint density at radius 1 is 1.30 bits per heavy atom. The minimum atomic E-state index is -0.554. The number of amides is 1. The topological polar surface area (TPSA) is 62.0 Å². The van der Waals surface area contributed by atoms with Crippen LogP contribution in [0.5, 0.6) is 0 Å². The molecule has 1 aromatic rings. The van der Waals surface area contributed by atoms with Crippen molar-refractivity contribution >= 4 is 17.5 Å². The zero-order valence-electron chi connectivity index (χ0n) is 4.97. The molecule has 4 nitrogen and oxygen atoms in total. The molecule has 1 aliphatic rings. The predicted molar refractivity (Wildman–Crippen MR) is 33.8 cm³/mol. The summed E-state index contributed by atoms with van der Waals surface area (Å²) in [6.07, 6.45) is 1.61. The number of H-pyrrole nitrogens is 1. The van der Waals surface area contributed by atoms with Gasteiger partial charge in [-0.2, -0.15) is 0 Å². The van der Waals surface area contributed by atoms with Crippen molar-refractivity contribution in [1.29, 1.82) is 0 Å². The molecule has 50 valence electrons. The van der Waals surface area contributed by atoms with Crippen LogP contribution in [-0.4, -0.2) is 16.7 Å². The van der Waals surface area contributed by atoms with Gasteiger partial charge in [0.05, 0.1) is 5.56 Å². The van der Waals surface area contributed by atoms with Gasteiger partial charge in [-0.15, -0.1) is 0 Å². The largest absolute Gasteiger partial charge is 0.348 e. The Morgan fingerprint density at radius 2 is 2.10 bits per heavy atom. The second kappa shape index (κ2) is 1.47. The molecule has 0 bridgehead atoms. The highest BCUT2D eigenvalue weighted by Crippen LogP contribution is 2.19. The first-order valence-electron chi connectivity index (χ1n) is 2.82. The Morgan fingerprint density at radius 3 is 2.80 bits per heavy atom. The normalized spacial score (nSPS) is 15.2. The molecular weight excluding hydrogens is 132 g/mol. The van der Waals surface area contributed by atoms with E-state index in [0.29, 0.717) is 11.4 Å². The number of nitrogens with one attached hydrogen (secondary N) is 2. The van der Waals surface area contributed by atoms with E-state index in [9.17, 15) is 9.59 Å².